The fourth-order valence-corrected chi connectivity index (χ4v) is 4.48. The molecule has 0 bridgehead atoms. The number of hydrogen-bond donors (Lipinski definition) is 2. The monoisotopic (exact) mass is 512 g/mol. The van der Waals surface area contributed by atoms with Crippen LogP contribution in [-0.2, 0) is 14.3 Å². The molecule has 1 fully saturated rings. The van der Waals surface area contributed by atoms with Crippen molar-refractivity contribution in [1.29, 1.82) is 0 Å². The molecule has 0 spiro atoms. The van der Waals surface area contributed by atoms with Crippen molar-refractivity contribution in [3.8, 4) is 0 Å². The molecule has 182 valence electrons. The maximum atomic E-state index is 12.7. The van der Waals surface area contributed by atoms with Crippen LogP contribution in [0.25, 0.3) is 6.08 Å². The Morgan fingerprint density at radius 3 is 2.54 bits per heavy atom. The average Bonchev–Trinajstić information content (AvgIpc) is 3.14. The molecule has 0 radical (unpaired) electrons. The lowest BCUT2D eigenvalue weighted by molar-refractivity contribution is -0.123. The number of thiocarbonyl (C=S) groups is 1. The number of hydrazine groups is 1. The summed E-state index contributed by atoms with van der Waals surface area (Å²) in [6.07, 6.45) is 6.95. The first-order valence-electron chi connectivity index (χ1n) is 10.8. The quantitative estimate of drug-likeness (QED) is 0.173. The summed E-state index contributed by atoms with van der Waals surface area (Å²) in [6.45, 7) is 0.461. The highest BCUT2D eigenvalue weighted by Crippen LogP contribution is 2.32. The molecule has 1 aliphatic heterocycles. The molecule has 3 rings (SSSR count). The molecule has 0 atom stereocenters. The van der Waals surface area contributed by atoms with E-state index < -0.39 is 11.9 Å². The second-order valence-electron chi connectivity index (χ2n) is 7.50. The van der Waals surface area contributed by atoms with E-state index in [4.69, 9.17) is 12.2 Å². The average molecular weight is 513 g/mol. The van der Waals surface area contributed by atoms with Crippen molar-refractivity contribution < 1.29 is 23.9 Å². The lowest BCUT2D eigenvalue weighted by Gasteiger charge is -2.14. The van der Waals surface area contributed by atoms with Crippen molar-refractivity contribution in [2.45, 2.75) is 25.7 Å². The summed E-state index contributed by atoms with van der Waals surface area (Å²) < 4.78 is 5.17. The van der Waals surface area contributed by atoms with Gasteiger partial charge in [0.2, 0.25) is 5.91 Å². The molecule has 0 unspecified atom stereocenters. The van der Waals surface area contributed by atoms with Crippen LogP contribution in [0.2, 0.25) is 0 Å². The molecule has 0 aliphatic carbocycles. The SMILES string of the molecule is COC(=O)c1ccc(/C=C2\SC(=S)N(CCCCCC(=O)NNC(=O)c3cccnc3)C2=O)cc1. The van der Waals surface area contributed by atoms with Gasteiger partial charge in [0, 0.05) is 25.4 Å². The molecule has 35 heavy (non-hydrogen) atoms. The molecular weight excluding hydrogens is 488 g/mol. The Morgan fingerprint density at radius 2 is 1.86 bits per heavy atom. The molecule has 2 aromatic rings. The van der Waals surface area contributed by atoms with E-state index in [-0.39, 0.29) is 18.2 Å². The van der Waals surface area contributed by atoms with Crippen LogP contribution in [0.1, 0.15) is 52.0 Å². The summed E-state index contributed by atoms with van der Waals surface area (Å²) in [6, 6.07) is 9.98. The Bertz CT molecular complexity index is 1140. The van der Waals surface area contributed by atoms with Crippen molar-refractivity contribution in [1.82, 2.24) is 20.7 Å². The van der Waals surface area contributed by atoms with Gasteiger partial charge in [0.1, 0.15) is 4.32 Å². The summed E-state index contributed by atoms with van der Waals surface area (Å²) in [5.74, 6) is -1.31. The van der Waals surface area contributed by atoms with Crippen molar-refractivity contribution in [2.24, 2.45) is 0 Å². The number of thioether (sulfide) groups is 1. The first-order valence-corrected chi connectivity index (χ1v) is 12.0. The number of nitrogens with zero attached hydrogens (tertiary/aromatic N) is 2. The number of nitrogens with one attached hydrogen (secondary N) is 2. The molecule has 3 amide bonds. The fourth-order valence-electron chi connectivity index (χ4n) is 3.17. The molecular formula is C24H24N4O5S2. The van der Waals surface area contributed by atoms with E-state index in [1.165, 1.54) is 25.1 Å². The second-order valence-corrected chi connectivity index (χ2v) is 9.18. The van der Waals surface area contributed by atoms with E-state index in [9.17, 15) is 19.2 Å². The van der Waals surface area contributed by atoms with Gasteiger partial charge >= 0.3 is 5.97 Å². The van der Waals surface area contributed by atoms with Crippen molar-refractivity contribution in [3.05, 3.63) is 70.4 Å². The molecule has 9 nitrogen and oxygen atoms in total. The van der Waals surface area contributed by atoms with Gasteiger partial charge in [-0.3, -0.25) is 35.1 Å². The molecule has 1 aliphatic rings. The molecule has 1 saturated heterocycles. The Morgan fingerprint density at radius 1 is 1.09 bits per heavy atom. The highest BCUT2D eigenvalue weighted by atomic mass is 32.2. The van der Waals surface area contributed by atoms with Crippen LogP contribution in [0, 0.1) is 0 Å². The molecule has 2 heterocycles. The van der Waals surface area contributed by atoms with E-state index in [0.29, 0.717) is 39.7 Å². The smallest absolute Gasteiger partial charge is 0.337 e. The topological polar surface area (TPSA) is 118 Å². The van der Waals surface area contributed by atoms with E-state index in [2.05, 4.69) is 20.6 Å². The van der Waals surface area contributed by atoms with Crippen LogP contribution in [-0.4, -0.2) is 51.5 Å². The van der Waals surface area contributed by atoms with Crippen molar-refractivity contribution in [3.63, 3.8) is 0 Å². The van der Waals surface area contributed by atoms with Gasteiger partial charge in [-0.2, -0.15) is 0 Å². The number of esters is 1. The zero-order valence-electron chi connectivity index (χ0n) is 19.0. The molecule has 2 N–H and O–H groups in total. The van der Waals surface area contributed by atoms with Gasteiger partial charge in [0.05, 0.1) is 23.1 Å². The van der Waals surface area contributed by atoms with E-state index in [1.807, 2.05) is 0 Å². The minimum Gasteiger partial charge on any atom is -0.465 e. The van der Waals surface area contributed by atoms with Gasteiger partial charge in [-0.1, -0.05) is 42.5 Å². The number of carbonyl (C=O) groups excluding carboxylic acids is 4. The number of pyridine rings is 1. The number of carbonyl (C=O) groups is 4. The third-order valence-electron chi connectivity index (χ3n) is 5.03. The number of amides is 3. The van der Waals surface area contributed by atoms with Crippen molar-refractivity contribution >= 4 is 58.1 Å². The van der Waals surface area contributed by atoms with Crippen LogP contribution < -0.4 is 10.9 Å². The van der Waals surface area contributed by atoms with Gasteiger partial charge in [-0.05, 0) is 48.7 Å². The minimum absolute atomic E-state index is 0.159. The highest BCUT2D eigenvalue weighted by Gasteiger charge is 2.31. The standard InChI is InChI=1S/C24H24N4O5S2/c1-33-23(32)17-10-8-16(9-11-17)14-19-22(31)28(24(34)35-19)13-4-2-3-7-20(29)26-27-21(30)18-6-5-12-25-15-18/h5-6,8-12,14-15H,2-4,7,13H2,1H3,(H,26,29)(H,27,30)/b19-14-. The Kier molecular flexibility index (Phi) is 9.50. The van der Waals surface area contributed by atoms with Gasteiger partial charge in [0.15, 0.2) is 0 Å². The van der Waals surface area contributed by atoms with Gasteiger partial charge in [-0.25, -0.2) is 4.79 Å². The Balaban J connectivity index is 1.38. The zero-order valence-corrected chi connectivity index (χ0v) is 20.6. The van der Waals surface area contributed by atoms with Gasteiger partial charge in [-0.15, -0.1) is 0 Å². The fraction of sp³-hybridized carbons (Fsp3) is 0.250. The van der Waals surface area contributed by atoms with E-state index >= 15 is 0 Å². The largest absolute Gasteiger partial charge is 0.465 e. The lowest BCUT2D eigenvalue weighted by atomic mass is 10.1. The second kappa shape index (κ2) is 12.8. The number of rotatable bonds is 9. The Labute approximate surface area is 212 Å². The molecule has 11 heteroatoms. The maximum Gasteiger partial charge on any atom is 0.337 e. The van der Waals surface area contributed by atoms with Crippen molar-refractivity contribution in [2.75, 3.05) is 13.7 Å². The van der Waals surface area contributed by atoms with Gasteiger partial charge < -0.3 is 4.74 Å². The molecule has 1 aromatic carbocycles. The molecule has 0 saturated carbocycles. The normalized spacial score (nSPS) is 14.2. The summed E-state index contributed by atoms with van der Waals surface area (Å²) in [5.41, 5.74) is 6.29. The molecule has 1 aromatic heterocycles. The highest BCUT2D eigenvalue weighted by molar-refractivity contribution is 8.26. The van der Waals surface area contributed by atoms with Crippen LogP contribution >= 0.6 is 24.0 Å². The van der Waals surface area contributed by atoms with Gasteiger partial charge in [0.25, 0.3) is 11.8 Å². The number of methoxy groups -OCH3 is 1. The van der Waals surface area contributed by atoms with Crippen LogP contribution in [0.4, 0.5) is 0 Å². The summed E-state index contributed by atoms with van der Waals surface area (Å²) in [7, 11) is 1.32. The number of unbranched alkanes of at least 4 members (excludes halogenated alkanes) is 2. The first kappa shape index (κ1) is 26.0. The maximum absolute atomic E-state index is 12.7. The van der Waals surface area contributed by atoms with Crippen LogP contribution in [0.3, 0.4) is 0 Å². The van der Waals surface area contributed by atoms with E-state index in [0.717, 1.165) is 12.0 Å². The number of aromatic nitrogens is 1. The zero-order chi connectivity index (χ0) is 25.2. The predicted molar refractivity (Wildman–Crippen MR) is 136 cm³/mol. The third kappa shape index (κ3) is 7.46. The predicted octanol–water partition coefficient (Wildman–Crippen LogP) is 3.09. The van der Waals surface area contributed by atoms with Crippen LogP contribution in [0.5, 0.6) is 0 Å². The van der Waals surface area contributed by atoms with E-state index in [1.54, 1.807) is 53.6 Å². The Hall–Kier alpha value is -3.57. The lowest BCUT2D eigenvalue weighted by Crippen LogP contribution is -2.41. The summed E-state index contributed by atoms with van der Waals surface area (Å²) in [5, 5.41) is 0. The summed E-state index contributed by atoms with van der Waals surface area (Å²) >= 11 is 6.59. The number of hydrogen-bond acceptors (Lipinski definition) is 8. The minimum atomic E-state index is -0.437. The number of benzene rings is 1. The summed E-state index contributed by atoms with van der Waals surface area (Å²) in [4.78, 5) is 54.0. The number of ether oxygens (including phenoxy) is 1. The van der Waals surface area contributed by atoms with Crippen LogP contribution in [0.15, 0.2) is 53.7 Å². The third-order valence-corrected chi connectivity index (χ3v) is 6.41. The first-order chi connectivity index (χ1) is 16.9.